The van der Waals surface area contributed by atoms with Gasteiger partial charge in [-0.2, -0.15) is 0 Å². The van der Waals surface area contributed by atoms with Gasteiger partial charge in [0.25, 0.3) is 0 Å². The summed E-state index contributed by atoms with van der Waals surface area (Å²) in [6, 6.07) is 12.5. The zero-order valence-corrected chi connectivity index (χ0v) is 19.1. The molecule has 0 bridgehead atoms. The van der Waals surface area contributed by atoms with Gasteiger partial charge in [-0.3, -0.25) is 9.97 Å². The van der Waals surface area contributed by atoms with Crippen LogP contribution in [0.3, 0.4) is 0 Å². The molecule has 0 saturated carbocycles. The van der Waals surface area contributed by atoms with Crippen molar-refractivity contribution in [3.8, 4) is 11.5 Å². The van der Waals surface area contributed by atoms with Crippen LogP contribution in [0.15, 0.2) is 48.8 Å². The number of aromatic nitrogens is 2. The van der Waals surface area contributed by atoms with Gasteiger partial charge in [-0.05, 0) is 26.0 Å². The zero-order valence-electron chi connectivity index (χ0n) is 19.1. The van der Waals surface area contributed by atoms with Crippen molar-refractivity contribution in [1.29, 1.82) is 0 Å². The average Bonchev–Trinajstić information content (AvgIpc) is 2.85. The van der Waals surface area contributed by atoms with Crippen molar-refractivity contribution in [2.24, 2.45) is 0 Å². The molecule has 6 nitrogen and oxygen atoms in total. The number of nitrogens with zero attached hydrogens (tertiary/aromatic N) is 4. The van der Waals surface area contributed by atoms with Crippen molar-refractivity contribution < 1.29 is 9.47 Å². The van der Waals surface area contributed by atoms with Crippen LogP contribution in [0.2, 0.25) is 0 Å². The third kappa shape index (κ3) is 3.27. The van der Waals surface area contributed by atoms with Gasteiger partial charge in [0.1, 0.15) is 11.5 Å². The molecule has 32 heavy (non-hydrogen) atoms. The van der Waals surface area contributed by atoms with Crippen LogP contribution in [0.4, 0.5) is 11.4 Å². The van der Waals surface area contributed by atoms with Gasteiger partial charge in [0.05, 0.1) is 36.6 Å². The summed E-state index contributed by atoms with van der Waals surface area (Å²) in [7, 11) is 3.46. The van der Waals surface area contributed by atoms with Crippen molar-refractivity contribution in [3.63, 3.8) is 0 Å². The topological polar surface area (TPSA) is 50.7 Å². The second-order valence-electron chi connectivity index (χ2n) is 8.22. The van der Waals surface area contributed by atoms with Crippen LogP contribution in [-0.4, -0.2) is 50.4 Å². The number of fused-ring (bicyclic) bond motifs is 2. The van der Waals surface area contributed by atoms with Gasteiger partial charge in [-0.25, -0.2) is 0 Å². The molecule has 0 unspecified atom stereocenters. The summed E-state index contributed by atoms with van der Waals surface area (Å²) in [5.41, 5.74) is 6.58. The fourth-order valence-electron chi connectivity index (χ4n) is 4.79. The average molecular weight is 429 g/mol. The molecule has 1 aliphatic heterocycles. The van der Waals surface area contributed by atoms with E-state index in [-0.39, 0.29) is 0 Å². The number of hydrogen-bond acceptors (Lipinski definition) is 6. The quantitative estimate of drug-likeness (QED) is 0.468. The molecule has 1 saturated heterocycles. The molecule has 0 atom stereocenters. The normalized spacial score (nSPS) is 14.2. The Morgan fingerprint density at radius 2 is 1.09 bits per heavy atom. The monoisotopic (exact) mass is 428 g/mol. The number of benzene rings is 2. The first-order valence-corrected chi connectivity index (χ1v) is 11.0. The van der Waals surface area contributed by atoms with Crippen molar-refractivity contribution in [3.05, 3.63) is 59.9 Å². The minimum Gasteiger partial charge on any atom is -0.496 e. The number of anilines is 2. The van der Waals surface area contributed by atoms with Crippen LogP contribution in [0, 0.1) is 13.8 Å². The minimum atomic E-state index is 0.891. The highest BCUT2D eigenvalue weighted by molar-refractivity contribution is 5.96. The fourth-order valence-corrected chi connectivity index (χ4v) is 4.79. The maximum atomic E-state index is 5.67. The van der Waals surface area contributed by atoms with Crippen LogP contribution >= 0.6 is 0 Å². The summed E-state index contributed by atoms with van der Waals surface area (Å²) in [5, 5.41) is 2.28. The third-order valence-corrected chi connectivity index (χ3v) is 6.58. The molecule has 3 heterocycles. The second-order valence-corrected chi connectivity index (χ2v) is 8.22. The Morgan fingerprint density at radius 1 is 0.688 bits per heavy atom. The SMILES string of the molecule is COc1cc(N2CCN(c3cc(OC)c(C)c4cccnc34)CC2)c2ncccc2c1C. The van der Waals surface area contributed by atoms with Crippen molar-refractivity contribution in [2.45, 2.75) is 13.8 Å². The summed E-state index contributed by atoms with van der Waals surface area (Å²) < 4.78 is 11.3. The molecular weight excluding hydrogens is 400 g/mol. The Kier molecular flexibility index (Phi) is 5.21. The van der Waals surface area contributed by atoms with E-state index in [4.69, 9.17) is 19.4 Å². The molecule has 4 aromatic rings. The van der Waals surface area contributed by atoms with Crippen LogP contribution in [0.1, 0.15) is 11.1 Å². The number of piperazine rings is 1. The predicted octanol–water partition coefficient (Wildman–Crippen LogP) is 4.74. The molecule has 2 aromatic heterocycles. The first-order chi connectivity index (χ1) is 15.6. The van der Waals surface area contributed by atoms with E-state index in [9.17, 15) is 0 Å². The molecule has 1 fully saturated rings. The van der Waals surface area contributed by atoms with Crippen molar-refractivity contribution in [1.82, 2.24) is 9.97 Å². The predicted molar refractivity (Wildman–Crippen MR) is 130 cm³/mol. The maximum absolute atomic E-state index is 5.67. The Hall–Kier alpha value is -3.54. The van der Waals surface area contributed by atoms with Gasteiger partial charge in [0.2, 0.25) is 0 Å². The summed E-state index contributed by atoms with van der Waals surface area (Å²) in [4.78, 5) is 14.2. The summed E-state index contributed by atoms with van der Waals surface area (Å²) in [6.45, 7) is 7.75. The van der Waals surface area contributed by atoms with E-state index in [0.29, 0.717) is 0 Å². The molecule has 0 aliphatic carbocycles. The van der Waals surface area contributed by atoms with E-state index in [0.717, 1.165) is 82.0 Å². The highest BCUT2D eigenvalue weighted by atomic mass is 16.5. The number of ether oxygens (including phenoxy) is 2. The number of aryl methyl sites for hydroxylation is 2. The Bertz CT molecular complexity index is 1190. The number of hydrogen-bond donors (Lipinski definition) is 0. The van der Waals surface area contributed by atoms with Crippen LogP contribution < -0.4 is 19.3 Å². The molecule has 2 aromatic carbocycles. The summed E-state index contributed by atoms with van der Waals surface area (Å²) in [6.07, 6.45) is 3.73. The van der Waals surface area contributed by atoms with E-state index in [1.165, 1.54) is 0 Å². The lowest BCUT2D eigenvalue weighted by molar-refractivity contribution is 0.412. The first-order valence-electron chi connectivity index (χ1n) is 11.0. The molecule has 6 heteroatoms. The fraction of sp³-hybridized carbons (Fsp3) is 0.308. The van der Waals surface area contributed by atoms with Crippen molar-refractivity contribution >= 4 is 33.2 Å². The van der Waals surface area contributed by atoms with Gasteiger partial charge >= 0.3 is 0 Å². The number of rotatable bonds is 4. The number of pyridine rings is 2. The molecule has 0 spiro atoms. The van der Waals surface area contributed by atoms with Gasteiger partial charge in [0, 0.05) is 72.6 Å². The molecule has 0 radical (unpaired) electrons. The molecule has 0 amide bonds. The summed E-state index contributed by atoms with van der Waals surface area (Å²) in [5.74, 6) is 1.81. The molecule has 1 aliphatic rings. The molecule has 0 N–H and O–H groups in total. The van der Waals surface area contributed by atoms with Gasteiger partial charge < -0.3 is 19.3 Å². The lowest BCUT2D eigenvalue weighted by Gasteiger charge is -2.38. The maximum Gasteiger partial charge on any atom is 0.124 e. The van der Waals surface area contributed by atoms with E-state index < -0.39 is 0 Å². The molecule has 164 valence electrons. The number of methoxy groups -OCH3 is 2. The van der Waals surface area contributed by atoms with Crippen LogP contribution in [0.25, 0.3) is 21.8 Å². The Morgan fingerprint density at radius 3 is 1.47 bits per heavy atom. The van der Waals surface area contributed by atoms with E-state index in [2.05, 4.69) is 47.9 Å². The molecule has 5 rings (SSSR count). The standard InChI is InChI=1S/C26H28N4O2/c1-17-19-7-5-9-27-25(19)21(15-23(17)31-3)29-11-13-30(14-12-29)22-16-24(32-4)18(2)20-8-6-10-28-26(20)22/h5-10,15-16H,11-14H2,1-4H3. The highest BCUT2D eigenvalue weighted by Gasteiger charge is 2.24. The Balaban J connectivity index is 1.48. The van der Waals surface area contributed by atoms with E-state index >= 15 is 0 Å². The lowest BCUT2D eigenvalue weighted by atomic mass is 10.0. The van der Waals surface area contributed by atoms with Crippen molar-refractivity contribution in [2.75, 3.05) is 50.2 Å². The van der Waals surface area contributed by atoms with Gasteiger partial charge in [-0.1, -0.05) is 12.1 Å². The minimum absolute atomic E-state index is 0.891. The van der Waals surface area contributed by atoms with E-state index in [1.807, 2.05) is 24.5 Å². The molecular formula is C26H28N4O2. The lowest BCUT2D eigenvalue weighted by Crippen LogP contribution is -2.46. The van der Waals surface area contributed by atoms with Crippen LogP contribution in [0.5, 0.6) is 11.5 Å². The first kappa shape index (κ1) is 20.4. The largest absolute Gasteiger partial charge is 0.496 e. The zero-order chi connectivity index (χ0) is 22.2. The highest BCUT2D eigenvalue weighted by Crippen LogP contribution is 2.37. The van der Waals surface area contributed by atoms with Crippen LogP contribution in [-0.2, 0) is 0 Å². The van der Waals surface area contributed by atoms with Gasteiger partial charge in [0.15, 0.2) is 0 Å². The third-order valence-electron chi connectivity index (χ3n) is 6.58. The van der Waals surface area contributed by atoms with Gasteiger partial charge in [-0.15, -0.1) is 0 Å². The summed E-state index contributed by atoms with van der Waals surface area (Å²) >= 11 is 0. The smallest absolute Gasteiger partial charge is 0.124 e. The second kappa shape index (κ2) is 8.19. The Labute approximate surface area is 188 Å². The van der Waals surface area contributed by atoms with E-state index in [1.54, 1.807) is 14.2 Å².